The maximum atomic E-state index is 12.8. The van der Waals surface area contributed by atoms with Gasteiger partial charge in [0.1, 0.15) is 5.82 Å². The molecule has 0 aliphatic heterocycles. The Labute approximate surface area is 144 Å². The van der Waals surface area contributed by atoms with Crippen LogP contribution in [-0.4, -0.2) is 30.3 Å². The van der Waals surface area contributed by atoms with Crippen molar-refractivity contribution in [3.63, 3.8) is 0 Å². The maximum absolute atomic E-state index is 12.8. The summed E-state index contributed by atoms with van der Waals surface area (Å²) in [6, 6.07) is 12.6. The highest BCUT2D eigenvalue weighted by molar-refractivity contribution is 6.33. The zero-order chi connectivity index (χ0) is 17.5. The number of hydrogen-bond acceptors (Lipinski definition) is 2. The molecule has 0 saturated carbocycles. The van der Waals surface area contributed by atoms with Crippen molar-refractivity contribution in [2.45, 2.75) is 0 Å². The Morgan fingerprint density at radius 1 is 1.17 bits per heavy atom. The van der Waals surface area contributed by atoms with Gasteiger partial charge >= 0.3 is 0 Å². The van der Waals surface area contributed by atoms with E-state index in [1.54, 1.807) is 42.5 Å². The highest BCUT2D eigenvalue weighted by Gasteiger charge is 2.11. The summed E-state index contributed by atoms with van der Waals surface area (Å²) < 4.78 is 12.8. The minimum atomic E-state index is -0.353. The molecule has 124 valence electrons. The number of likely N-dealkylation sites (N-methyl/N-ethyl adjacent to an activating group) is 1. The van der Waals surface area contributed by atoms with Gasteiger partial charge in [-0.05, 0) is 35.9 Å². The van der Waals surface area contributed by atoms with Crippen molar-refractivity contribution < 1.29 is 14.0 Å². The highest BCUT2D eigenvalue weighted by atomic mass is 35.5. The monoisotopic (exact) mass is 346 g/mol. The number of rotatable bonds is 5. The molecule has 0 spiro atoms. The number of hydrogen-bond donors (Lipinski definition) is 1. The molecule has 0 saturated heterocycles. The van der Waals surface area contributed by atoms with Crippen molar-refractivity contribution in [2.24, 2.45) is 0 Å². The van der Waals surface area contributed by atoms with Crippen LogP contribution in [0.2, 0.25) is 5.02 Å². The van der Waals surface area contributed by atoms with Gasteiger partial charge in [0.05, 0.1) is 17.3 Å². The first-order chi connectivity index (χ1) is 11.5. The van der Waals surface area contributed by atoms with Crippen LogP contribution in [0.15, 0.2) is 54.6 Å². The number of carbonyl (C=O) groups excluding carboxylic acids is 2. The molecule has 1 N–H and O–H groups in total. The SMILES string of the molecule is CN(CC(=O)Nc1ccccc1Cl)C(=O)/C=C/c1ccc(F)cc1. The first-order valence-electron chi connectivity index (χ1n) is 7.19. The lowest BCUT2D eigenvalue weighted by Gasteiger charge is -2.15. The quantitative estimate of drug-likeness (QED) is 0.841. The van der Waals surface area contributed by atoms with Gasteiger partial charge in [-0.3, -0.25) is 9.59 Å². The summed E-state index contributed by atoms with van der Waals surface area (Å²) in [6.07, 6.45) is 2.89. The van der Waals surface area contributed by atoms with E-state index in [4.69, 9.17) is 11.6 Å². The fourth-order valence-electron chi connectivity index (χ4n) is 1.91. The molecular weight excluding hydrogens is 331 g/mol. The molecule has 0 heterocycles. The van der Waals surface area contributed by atoms with Gasteiger partial charge in [0.15, 0.2) is 0 Å². The van der Waals surface area contributed by atoms with Crippen LogP contribution in [0, 0.1) is 5.82 Å². The third-order valence-electron chi connectivity index (χ3n) is 3.19. The van der Waals surface area contributed by atoms with E-state index in [-0.39, 0.29) is 24.2 Å². The Morgan fingerprint density at radius 3 is 2.50 bits per heavy atom. The summed E-state index contributed by atoms with van der Waals surface area (Å²) in [4.78, 5) is 25.2. The molecule has 0 bridgehead atoms. The minimum absolute atomic E-state index is 0.113. The van der Waals surface area contributed by atoms with Gasteiger partial charge in [0, 0.05) is 13.1 Å². The molecule has 0 radical (unpaired) electrons. The zero-order valence-electron chi connectivity index (χ0n) is 13.0. The molecule has 0 aliphatic carbocycles. The second-order valence-corrected chi connectivity index (χ2v) is 5.51. The van der Waals surface area contributed by atoms with Crippen molar-refractivity contribution in [1.82, 2.24) is 4.90 Å². The molecule has 2 aromatic carbocycles. The van der Waals surface area contributed by atoms with Crippen molar-refractivity contribution >= 4 is 35.2 Å². The Morgan fingerprint density at radius 2 is 1.83 bits per heavy atom. The summed E-state index contributed by atoms with van der Waals surface area (Å²) in [5, 5.41) is 3.07. The van der Waals surface area contributed by atoms with Crippen molar-refractivity contribution in [2.75, 3.05) is 18.9 Å². The van der Waals surface area contributed by atoms with Crippen LogP contribution in [-0.2, 0) is 9.59 Å². The van der Waals surface area contributed by atoms with Crippen LogP contribution < -0.4 is 5.32 Å². The van der Waals surface area contributed by atoms with Gasteiger partial charge in [0.25, 0.3) is 0 Å². The lowest BCUT2D eigenvalue weighted by molar-refractivity contribution is -0.129. The topological polar surface area (TPSA) is 49.4 Å². The van der Waals surface area contributed by atoms with Gasteiger partial charge in [-0.1, -0.05) is 35.9 Å². The van der Waals surface area contributed by atoms with Gasteiger partial charge in [-0.25, -0.2) is 4.39 Å². The Kier molecular flexibility index (Phi) is 6.09. The van der Waals surface area contributed by atoms with E-state index in [0.717, 1.165) is 0 Å². The van der Waals surface area contributed by atoms with E-state index >= 15 is 0 Å². The van der Waals surface area contributed by atoms with Gasteiger partial charge in [0.2, 0.25) is 11.8 Å². The van der Waals surface area contributed by atoms with Crippen LogP contribution in [0.25, 0.3) is 6.08 Å². The van der Waals surface area contributed by atoms with Gasteiger partial charge in [-0.2, -0.15) is 0 Å². The summed E-state index contributed by atoms with van der Waals surface area (Å²) in [6.45, 7) is -0.113. The van der Waals surface area contributed by atoms with Crippen molar-refractivity contribution in [3.8, 4) is 0 Å². The molecule has 0 aromatic heterocycles. The normalized spacial score (nSPS) is 10.6. The lowest BCUT2D eigenvalue weighted by Crippen LogP contribution is -2.33. The Balaban J connectivity index is 1.90. The summed E-state index contributed by atoms with van der Waals surface area (Å²) >= 11 is 5.96. The van der Waals surface area contributed by atoms with E-state index < -0.39 is 0 Å². The number of halogens is 2. The number of amides is 2. The first kappa shape index (κ1) is 17.7. The molecule has 0 unspecified atom stereocenters. The van der Waals surface area contributed by atoms with E-state index in [2.05, 4.69) is 5.32 Å². The number of para-hydroxylation sites is 1. The molecule has 2 amide bonds. The van der Waals surface area contributed by atoms with Crippen LogP contribution >= 0.6 is 11.6 Å². The minimum Gasteiger partial charge on any atom is -0.333 e. The van der Waals surface area contributed by atoms with Gasteiger partial charge < -0.3 is 10.2 Å². The van der Waals surface area contributed by atoms with E-state index in [1.165, 1.54) is 30.2 Å². The Bertz CT molecular complexity index is 760. The van der Waals surface area contributed by atoms with Crippen molar-refractivity contribution in [1.29, 1.82) is 0 Å². The number of nitrogens with zero attached hydrogens (tertiary/aromatic N) is 1. The second-order valence-electron chi connectivity index (χ2n) is 5.11. The molecule has 24 heavy (non-hydrogen) atoms. The molecular formula is C18H16ClFN2O2. The molecule has 2 rings (SSSR count). The predicted molar refractivity (Wildman–Crippen MR) is 93.2 cm³/mol. The largest absolute Gasteiger partial charge is 0.333 e. The van der Waals surface area contributed by atoms with Crippen LogP contribution in [0.4, 0.5) is 10.1 Å². The van der Waals surface area contributed by atoms with Crippen LogP contribution in [0.5, 0.6) is 0 Å². The smallest absolute Gasteiger partial charge is 0.246 e. The first-order valence-corrected chi connectivity index (χ1v) is 7.56. The van der Waals surface area contributed by atoms with Crippen LogP contribution in [0.3, 0.4) is 0 Å². The highest BCUT2D eigenvalue weighted by Crippen LogP contribution is 2.20. The molecule has 4 nitrogen and oxygen atoms in total. The molecule has 0 aliphatic rings. The van der Waals surface area contributed by atoms with Gasteiger partial charge in [-0.15, -0.1) is 0 Å². The van der Waals surface area contributed by atoms with E-state index in [0.29, 0.717) is 16.3 Å². The zero-order valence-corrected chi connectivity index (χ0v) is 13.8. The standard InChI is InChI=1S/C18H16ClFN2O2/c1-22(12-17(23)21-16-5-3-2-4-15(16)19)18(24)11-8-13-6-9-14(20)10-7-13/h2-11H,12H2,1H3,(H,21,23)/b11-8+. The number of nitrogens with one attached hydrogen (secondary N) is 1. The van der Waals surface area contributed by atoms with Crippen LogP contribution in [0.1, 0.15) is 5.56 Å². The Hall–Kier alpha value is -2.66. The third-order valence-corrected chi connectivity index (χ3v) is 3.52. The number of carbonyl (C=O) groups is 2. The summed E-state index contributed by atoms with van der Waals surface area (Å²) in [7, 11) is 1.52. The average Bonchev–Trinajstić information content (AvgIpc) is 2.56. The fourth-order valence-corrected chi connectivity index (χ4v) is 2.10. The average molecular weight is 347 g/mol. The predicted octanol–water partition coefficient (Wildman–Crippen LogP) is 3.59. The molecule has 0 atom stereocenters. The molecule has 2 aromatic rings. The lowest BCUT2D eigenvalue weighted by atomic mass is 10.2. The third kappa shape index (κ3) is 5.21. The van der Waals surface area contributed by atoms with E-state index in [9.17, 15) is 14.0 Å². The fraction of sp³-hybridized carbons (Fsp3) is 0.111. The van der Waals surface area contributed by atoms with Crippen molar-refractivity contribution in [3.05, 3.63) is 71.0 Å². The summed E-state index contributed by atoms with van der Waals surface area (Å²) in [5.41, 5.74) is 1.19. The maximum Gasteiger partial charge on any atom is 0.246 e. The number of benzene rings is 2. The second kappa shape index (κ2) is 8.26. The molecule has 6 heteroatoms. The molecule has 0 fully saturated rings. The number of anilines is 1. The summed E-state index contributed by atoms with van der Waals surface area (Å²) in [5.74, 6) is -1.03. The van der Waals surface area contributed by atoms with E-state index in [1.807, 2.05) is 0 Å².